The summed E-state index contributed by atoms with van der Waals surface area (Å²) in [5.74, 6) is 0. The van der Waals surface area contributed by atoms with Gasteiger partial charge in [0.25, 0.3) is 0 Å². The first kappa shape index (κ1) is 33.7. The van der Waals surface area contributed by atoms with Crippen molar-refractivity contribution in [3.05, 3.63) is 166 Å². The van der Waals surface area contributed by atoms with Crippen LogP contribution in [0.4, 0.5) is 26.3 Å². The number of alkyl halides is 6. The Kier molecular flexibility index (Phi) is 9.56. The number of halogens is 6. The average Bonchev–Trinajstić information content (AvgIpc) is 3.07. The molecule has 0 saturated carbocycles. The van der Waals surface area contributed by atoms with Gasteiger partial charge in [0.1, 0.15) is 0 Å². The maximum atomic E-state index is 12.9. The summed E-state index contributed by atoms with van der Waals surface area (Å²) in [4.78, 5) is 25.6. The number of aromatic nitrogens is 2. The fraction of sp³-hybridized carbons (Fsp3) is 0.105. The molecule has 0 unspecified atom stereocenters. The lowest BCUT2D eigenvalue weighted by Gasteiger charge is -2.11. The highest BCUT2D eigenvalue weighted by atomic mass is 19.4. The second-order valence-corrected chi connectivity index (χ2v) is 11.0. The lowest BCUT2D eigenvalue weighted by Crippen LogP contribution is -2.12. The Bertz CT molecular complexity index is 2010. The summed E-state index contributed by atoms with van der Waals surface area (Å²) in [6.07, 6.45) is -2.45. The topological polar surface area (TPSA) is 44.0 Å². The molecule has 4 aromatic carbocycles. The van der Waals surface area contributed by atoms with Crippen molar-refractivity contribution in [1.29, 1.82) is 0 Å². The zero-order chi connectivity index (χ0) is 34.6. The number of hydrogen-bond acceptors (Lipinski definition) is 2. The first-order chi connectivity index (χ1) is 22.7. The van der Waals surface area contributed by atoms with Crippen LogP contribution in [0, 0.1) is 0 Å². The van der Waals surface area contributed by atoms with Crippen LogP contribution in [-0.2, 0) is 26.4 Å². The standard InChI is InChI=1S/2C19H14F3NO/c2*1-23-11-16(13-6-3-2-4-7-13)18(24)17(12-23)14-8-5-9-15(10-14)19(20,21)22/h2*2-12H,1H3. The van der Waals surface area contributed by atoms with Gasteiger partial charge in [-0.05, 0) is 46.5 Å². The van der Waals surface area contributed by atoms with Crippen molar-refractivity contribution in [2.45, 2.75) is 12.4 Å². The van der Waals surface area contributed by atoms with Crippen molar-refractivity contribution < 1.29 is 26.3 Å². The Morgan fingerprint density at radius 2 is 0.708 bits per heavy atom. The Labute approximate surface area is 271 Å². The minimum absolute atomic E-state index is 0.241. The molecule has 0 radical (unpaired) electrons. The van der Waals surface area contributed by atoms with Crippen molar-refractivity contribution in [2.24, 2.45) is 14.1 Å². The third kappa shape index (κ3) is 7.66. The zero-order valence-corrected chi connectivity index (χ0v) is 25.7. The first-order valence-electron chi connectivity index (χ1n) is 14.6. The van der Waals surface area contributed by atoms with Gasteiger partial charge in [0, 0.05) is 61.1 Å². The highest BCUT2D eigenvalue weighted by Crippen LogP contribution is 2.33. The van der Waals surface area contributed by atoms with Crippen molar-refractivity contribution in [1.82, 2.24) is 9.13 Å². The van der Waals surface area contributed by atoms with Crippen LogP contribution in [0.15, 0.2) is 144 Å². The van der Waals surface area contributed by atoms with E-state index in [0.717, 1.165) is 35.4 Å². The normalized spacial score (nSPS) is 11.5. The van der Waals surface area contributed by atoms with Gasteiger partial charge in [0.05, 0.1) is 11.1 Å². The number of nitrogens with zero attached hydrogens (tertiary/aromatic N) is 2. The van der Waals surface area contributed by atoms with Crippen molar-refractivity contribution in [2.75, 3.05) is 0 Å². The van der Waals surface area contributed by atoms with E-state index in [4.69, 9.17) is 0 Å². The molecule has 48 heavy (non-hydrogen) atoms. The van der Waals surface area contributed by atoms with E-state index in [1.165, 1.54) is 24.3 Å². The number of rotatable bonds is 4. The molecule has 244 valence electrons. The van der Waals surface area contributed by atoms with Crippen LogP contribution < -0.4 is 10.9 Å². The Morgan fingerprint density at radius 1 is 0.417 bits per heavy atom. The minimum Gasteiger partial charge on any atom is -0.356 e. The zero-order valence-electron chi connectivity index (χ0n) is 25.7. The quantitative estimate of drug-likeness (QED) is 0.177. The third-order valence-corrected chi connectivity index (χ3v) is 7.48. The molecular formula is C38H28F6N2O2. The van der Waals surface area contributed by atoms with E-state index in [1.807, 2.05) is 36.4 Å². The molecule has 2 heterocycles. The molecule has 0 aliphatic heterocycles. The van der Waals surface area contributed by atoms with Crippen LogP contribution in [-0.4, -0.2) is 9.13 Å². The molecule has 6 rings (SSSR count). The molecule has 0 atom stereocenters. The van der Waals surface area contributed by atoms with Crippen LogP contribution in [0.5, 0.6) is 0 Å². The second-order valence-electron chi connectivity index (χ2n) is 11.0. The van der Waals surface area contributed by atoms with Crippen LogP contribution in [0.1, 0.15) is 11.1 Å². The Hall–Kier alpha value is -5.64. The highest BCUT2D eigenvalue weighted by Gasteiger charge is 2.31. The van der Waals surface area contributed by atoms with Crippen LogP contribution in [0.25, 0.3) is 44.5 Å². The number of aryl methyl sites for hydroxylation is 2. The minimum atomic E-state index is -4.45. The SMILES string of the molecule is Cn1cc(-c2ccccc2)c(=O)c(-c2cccc(C(F)(F)F)c2)c1.Cn1cc(-c2ccccc2)c(=O)c(-c2cccc(C(F)(F)F)c2)c1. The van der Waals surface area contributed by atoms with E-state index in [9.17, 15) is 35.9 Å². The van der Waals surface area contributed by atoms with Crippen LogP contribution in [0.2, 0.25) is 0 Å². The monoisotopic (exact) mass is 658 g/mol. The lowest BCUT2D eigenvalue weighted by molar-refractivity contribution is -0.138. The molecule has 0 aliphatic rings. The van der Waals surface area contributed by atoms with Gasteiger partial charge >= 0.3 is 12.4 Å². The highest BCUT2D eigenvalue weighted by molar-refractivity contribution is 5.73. The van der Waals surface area contributed by atoms with Crippen molar-refractivity contribution in [3.63, 3.8) is 0 Å². The van der Waals surface area contributed by atoms with Gasteiger partial charge in [-0.3, -0.25) is 9.59 Å². The molecule has 4 nitrogen and oxygen atoms in total. The summed E-state index contributed by atoms with van der Waals surface area (Å²) < 4.78 is 80.9. The van der Waals surface area contributed by atoms with Crippen molar-refractivity contribution >= 4 is 0 Å². The van der Waals surface area contributed by atoms with Crippen LogP contribution in [0.3, 0.4) is 0 Å². The summed E-state index contributed by atoms with van der Waals surface area (Å²) >= 11 is 0. The van der Waals surface area contributed by atoms with E-state index >= 15 is 0 Å². The molecule has 0 amide bonds. The Balaban J connectivity index is 0.000000188. The van der Waals surface area contributed by atoms with E-state index in [0.29, 0.717) is 11.1 Å². The van der Waals surface area contributed by atoms with Gasteiger partial charge in [-0.15, -0.1) is 0 Å². The Morgan fingerprint density at radius 3 is 1.02 bits per heavy atom. The molecule has 2 aromatic heterocycles. The van der Waals surface area contributed by atoms with Gasteiger partial charge in [-0.2, -0.15) is 26.3 Å². The molecule has 10 heteroatoms. The van der Waals surface area contributed by atoms with Gasteiger partial charge in [-0.25, -0.2) is 0 Å². The molecule has 0 bridgehead atoms. The number of benzene rings is 4. The third-order valence-electron chi connectivity index (χ3n) is 7.48. The first-order valence-corrected chi connectivity index (χ1v) is 14.6. The van der Waals surface area contributed by atoms with E-state index in [1.54, 1.807) is 72.3 Å². The molecule has 6 aromatic rings. The summed E-state index contributed by atoms with van der Waals surface area (Å²) in [7, 11) is 3.48. The predicted octanol–water partition coefficient (Wildman–Crippen LogP) is 9.48. The summed E-state index contributed by atoms with van der Waals surface area (Å²) in [6.45, 7) is 0. The number of pyridine rings is 2. The van der Waals surface area contributed by atoms with Gasteiger partial charge in [0.2, 0.25) is 0 Å². The molecule has 0 N–H and O–H groups in total. The van der Waals surface area contributed by atoms with Gasteiger partial charge in [0.15, 0.2) is 10.9 Å². The summed E-state index contributed by atoms with van der Waals surface area (Å²) in [5.41, 5.74) is 1.22. The van der Waals surface area contributed by atoms with Gasteiger partial charge in [-0.1, -0.05) is 84.9 Å². The van der Waals surface area contributed by atoms with Gasteiger partial charge < -0.3 is 9.13 Å². The second kappa shape index (κ2) is 13.6. The van der Waals surface area contributed by atoms with Crippen molar-refractivity contribution in [3.8, 4) is 44.5 Å². The lowest BCUT2D eigenvalue weighted by atomic mass is 9.99. The fourth-order valence-corrected chi connectivity index (χ4v) is 5.20. The van der Waals surface area contributed by atoms with E-state index < -0.39 is 23.5 Å². The maximum Gasteiger partial charge on any atom is 0.416 e. The molecule has 0 spiro atoms. The molecule has 0 aliphatic carbocycles. The average molecular weight is 659 g/mol. The predicted molar refractivity (Wildman–Crippen MR) is 175 cm³/mol. The summed E-state index contributed by atoms with van der Waals surface area (Å²) in [6, 6.07) is 27.8. The molecule has 0 saturated heterocycles. The fourth-order valence-electron chi connectivity index (χ4n) is 5.20. The maximum absolute atomic E-state index is 12.9. The molecular weight excluding hydrogens is 630 g/mol. The number of hydrogen-bond donors (Lipinski definition) is 0. The largest absolute Gasteiger partial charge is 0.416 e. The molecule has 0 fully saturated rings. The van der Waals surface area contributed by atoms with E-state index in [-0.39, 0.29) is 33.1 Å². The van der Waals surface area contributed by atoms with Crippen LogP contribution >= 0.6 is 0 Å². The summed E-state index contributed by atoms with van der Waals surface area (Å²) in [5, 5.41) is 0. The van der Waals surface area contributed by atoms with E-state index in [2.05, 4.69) is 0 Å². The smallest absolute Gasteiger partial charge is 0.356 e.